The van der Waals surface area contributed by atoms with Gasteiger partial charge in [-0.05, 0) is 48.7 Å². The summed E-state index contributed by atoms with van der Waals surface area (Å²) in [6.07, 6.45) is 1.95. The van der Waals surface area contributed by atoms with Crippen LogP contribution in [0.1, 0.15) is 16.7 Å². The number of ether oxygens (including phenoxy) is 1. The van der Waals surface area contributed by atoms with Gasteiger partial charge in [0.2, 0.25) is 10.0 Å². The zero-order valence-corrected chi connectivity index (χ0v) is 19.5. The van der Waals surface area contributed by atoms with Crippen LogP contribution in [0.5, 0.6) is 5.75 Å². The third-order valence-corrected chi connectivity index (χ3v) is 6.83. The zero-order valence-electron chi connectivity index (χ0n) is 18.6. The van der Waals surface area contributed by atoms with Crippen molar-refractivity contribution in [3.63, 3.8) is 0 Å². The molecule has 3 aromatic rings. The summed E-state index contributed by atoms with van der Waals surface area (Å²) in [6, 6.07) is 23.3. The van der Waals surface area contributed by atoms with E-state index in [4.69, 9.17) is 4.74 Å². The lowest BCUT2D eigenvalue weighted by molar-refractivity contribution is -0.121. The highest BCUT2D eigenvalue weighted by molar-refractivity contribution is 7.89. The average molecular weight is 466 g/mol. The molecule has 7 nitrogen and oxygen atoms in total. The van der Waals surface area contributed by atoms with E-state index in [2.05, 4.69) is 10.5 Å². The predicted molar refractivity (Wildman–Crippen MR) is 129 cm³/mol. The van der Waals surface area contributed by atoms with Crippen LogP contribution < -0.4 is 10.2 Å². The largest absolute Gasteiger partial charge is 0.497 e. The number of amides is 1. The third-order valence-electron chi connectivity index (χ3n) is 4.97. The minimum absolute atomic E-state index is 0.147. The number of nitrogens with zero attached hydrogens (tertiary/aromatic N) is 2. The Morgan fingerprint density at radius 3 is 2.45 bits per heavy atom. The normalized spacial score (nSPS) is 11.6. The van der Waals surface area contributed by atoms with Gasteiger partial charge in [0.1, 0.15) is 5.75 Å². The molecule has 0 heterocycles. The van der Waals surface area contributed by atoms with Gasteiger partial charge in [0, 0.05) is 6.54 Å². The van der Waals surface area contributed by atoms with Gasteiger partial charge in [-0.15, -0.1) is 0 Å². The molecule has 0 aliphatic carbocycles. The Morgan fingerprint density at radius 1 is 1.03 bits per heavy atom. The van der Waals surface area contributed by atoms with Crippen molar-refractivity contribution < 1.29 is 17.9 Å². The summed E-state index contributed by atoms with van der Waals surface area (Å²) in [5, 5.41) is 3.95. The van der Waals surface area contributed by atoms with Crippen molar-refractivity contribution in [1.29, 1.82) is 0 Å². The van der Waals surface area contributed by atoms with Gasteiger partial charge < -0.3 is 4.74 Å². The topological polar surface area (TPSA) is 88.1 Å². The van der Waals surface area contributed by atoms with Gasteiger partial charge in [-0.3, -0.25) is 4.79 Å². The van der Waals surface area contributed by atoms with Crippen LogP contribution in [0.2, 0.25) is 0 Å². The Morgan fingerprint density at radius 2 is 1.76 bits per heavy atom. The molecule has 3 rings (SSSR count). The summed E-state index contributed by atoms with van der Waals surface area (Å²) in [7, 11) is -2.30. The molecule has 0 fully saturated rings. The Kier molecular flexibility index (Phi) is 8.34. The molecular weight excluding hydrogens is 438 g/mol. The summed E-state index contributed by atoms with van der Waals surface area (Å²) in [4.78, 5) is 12.7. The first-order valence-corrected chi connectivity index (χ1v) is 11.9. The second kappa shape index (κ2) is 11.4. The number of hydrogen-bond donors (Lipinski definition) is 1. The minimum atomic E-state index is -3.87. The number of methoxy groups -OCH3 is 1. The van der Waals surface area contributed by atoms with Crippen LogP contribution in [-0.4, -0.2) is 45.0 Å². The van der Waals surface area contributed by atoms with Crippen LogP contribution in [0.15, 0.2) is 88.9 Å². The van der Waals surface area contributed by atoms with Crippen LogP contribution in [0.3, 0.4) is 0 Å². The fraction of sp³-hybridized carbons (Fsp3) is 0.200. The molecule has 0 saturated heterocycles. The maximum atomic E-state index is 13.3. The van der Waals surface area contributed by atoms with Crippen molar-refractivity contribution in [2.24, 2.45) is 5.10 Å². The number of sulfonamides is 1. The second-order valence-corrected chi connectivity index (χ2v) is 9.39. The number of benzene rings is 3. The van der Waals surface area contributed by atoms with Gasteiger partial charge in [0.25, 0.3) is 5.91 Å². The molecule has 1 amide bonds. The molecule has 172 valence electrons. The second-order valence-electron chi connectivity index (χ2n) is 7.46. The molecule has 0 atom stereocenters. The van der Waals surface area contributed by atoms with E-state index >= 15 is 0 Å². The van der Waals surface area contributed by atoms with Crippen LogP contribution in [0.25, 0.3) is 0 Å². The fourth-order valence-electron chi connectivity index (χ4n) is 3.14. The van der Waals surface area contributed by atoms with Crippen molar-refractivity contribution in [3.8, 4) is 5.75 Å². The van der Waals surface area contributed by atoms with Gasteiger partial charge in [0.05, 0.1) is 24.8 Å². The van der Waals surface area contributed by atoms with E-state index in [1.165, 1.54) is 10.5 Å². The summed E-state index contributed by atoms with van der Waals surface area (Å²) in [5.41, 5.74) is 5.09. The lowest BCUT2D eigenvalue weighted by atomic mass is 10.1. The molecule has 8 heteroatoms. The van der Waals surface area contributed by atoms with Gasteiger partial charge >= 0.3 is 0 Å². The van der Waals surface area contributed by atoms with Crippen molar-refractivity contribution in [1.82, 2.24) is 9.73 Å². The Balaban J connectivity index is 1.73. The van der Waals surface area contributed by atoms with Gasteiger partial charge in [-0.1, -0.05) is 60.2 Å². The van der Waals surface area contributed by atoms with E-state index < -0.39 is 15.9 Å². The van der Waals surface area contributed by atoms with E-state index in [0.29, 0.717) is 12.2 Å². The maximum absolute atomic E-state index is 13.3. The summed E-state index contributed by atoms with van der Waals surface area (Å²) < 4.78 is 32.9. The smallest absolute Gasteiger partial charge is 0.255 e. The summed E-state index contributed by atoms with van der Waals surface area (Å²) in [6.45, 7) is 1.70. The van der Waals surface area contributed by atoms with Gasteiger partial charge in [0.15, 0.2) is 0 Å². The SMILES string of the molecule is COc1cccc(/C=N\NC(=O)CN(CCc2ccccc2)S(=O)(=O)c2ccc(C)cc2)c1. The lowest BCUT2D eigenvalue weighted by Crippen LogP contribution is -2.40. The van der Waals surface area contributed by atoms with E-state index in [1.807, 2.05) is 49.4 Å². The molecule has 0 saturated carbocycles. The first-order valence-electron chi connectivity index (χ1n) is 10.4. The zero-order chi connectivity index (χ0) is 23.7. The highest BCUT2D eigenvalue weighted by Gasteiger charge is 2.26. The third kappa shape index (κ3) is 7.00. The van der Waals surface area contributed by atoms with Crippen LogP contribution in [0.4, 0.5) is 0 Å². The molecule has 0 aromatic heterocycles. The number of nitrogens with one attached hydrogen (secondary N) is 1. The van der Waals surface area contributed by atoms with E-state index in [9.17, 15) is 13.2 Å². The first kappa shape index (κ1) is 24.2. The molecule has 0 aliphatic rings. The lowest BCUT2D eigenvalue weighted by Gasteiger charge is -2.21. The van der Waals surface area contributed by atoms with Crippen molar-refractivity contribution in [3.05, 3.63) is 95.6 Å². The Bertz CT molecular complexity index is 1190. The standard InChI is InChI=1S/C25H27N3O4S/c1-20-11-13-24(14-12-20)33(30,31)28(16-15-21-7-4-3-5-8-21)19-25(29)27-26-18-22-9-6-10-23(17-22)32-2/h3-14,17-18H,15-16,19H2,1-2H3,(H,27,29)/b26-18-. The molecule has 0 radical (unpaired) electrons. The minimum Gasteiger partial charge on any atom is -0.497 e. The molecular formula is C25H27N3O4S. The molecule has 0 bridgehead atoms. The van der Waals surface area contributed by atoms with Crippen LogP contribution in [-0.2, 0) is 21.2 Å². The van der Waals surface area contributed by atoms with Gasteiger partial charge in [-0.2, -0.15) is 9.41 Å². The summed E-state index contributed by atoms with van der Waals surface area (Å²) in [5.74, 6) is 0.138. The number of hydrazone groups is 1. The predicted octanol–water partition coefficient (Wildman–Crippen LogP) is 3.39. The first-order chi connectivity index (χ1) is 15.9. The summed E-state index contributed by atoms with van der Waals surface area (Å²) >= 11 is 0. The number of carbonyl (C=O) groups excluding carboxylic acids is 1. The van der Waals surface area contributed by atoms with Crippen LogP contribution in [0, 0.1) is 6.92 Å². The Labute approximate surface area is 194 Å². The molecule has 33 heavy (non-hydrogen) atoms. The fourth-order valence-corrected chi connectivity index (χ4v) is 4.54. The molecule has 1 N–H and O–H groups in total. The Hall–Kier alpha value is -3.49. The van der Waals surface area contributed by atoms with E-state index in [0.717, 1.165) is 16.7 Å². The average Bonchev–Trinajstić information content (AvgIpc) is 2.82. The molecule has 0 aliphatic heterocycles. The number of rotatable bonds is 10. The molecule has 3 aromatic carbocycles. The highest BCUT2D eigenvalue weighted by Crippen LogP contribution is 2.17. The quantitative estimate of drug-likeness (QED) is 0.367. The van der Waals surface area contributed by atoms with Crippen molar-refractivity contribution >= 4 is 22.1 Å². The molecule has 0 unspecified atom stereocenters. The number of carbonyl (C=O) groups is 1. The van der Waals surface area contributed by atoms with Crippen LogP contribution >= 0.6 is 0 Å². The highest BCUT2D eigenvalue weighted by atomic mass is 32.2. The monoisotopic (exact) mass is 465 g/mol. The van der Waals surface area contributed by atoms with Crippen molar-refractivity contribution in [2.45, 2.75) is 18.2 Å². The van der Waals surface area contributed by atoms with Gasteiger partial charge in [-0.25, -0.2) is 13.8 Å². The number of hydrogen-bond acceptors (Lipinski definition) is 5. The maximum Gasteiger partial charge on any atom is 0.255 e. The molecule has 0 spiro atoms. The van der Waals surface area contributed by atoms with Crippen molar-refractivity contribution in [2.75, 3.05) is 20.2 Å². The number of aryl methyl sites for hydroxylation is 1. The van der Waals surface area contributed by atoms with E-state index in [1.54, 1.807) is 43.5 Å². The van der Waals surface area contributed by atoms with E-state index in [-0.39, 0.29) is 18.0 Å².